The molecule has 0 aliphatic rings. The van der Waals surface area contributed by atoms with Gasteiger partial charge in [-0.05, 0) is 25.1 Å². The number of aromatic nitrogens is 2. The number of hydrogen-bond acceptors (Lipinski definition) is 2. The molecule has 2 N–H and O–H groups in total. The Morgan fingerprint density at radius 1 is 1.04 bits per heavy atom. The molecule has 23 heavy (non-hydrogen) atoms. The first-order chi connectivity index (χ1) is 11.1. The van der Waals surface area contributed by atoms with E-state index < -0.39 is 0 Å². The number of rotatable bonds is 1. The minimum absolute atomic E-state index is 0.0530. The lowest BCUT2D eigenvalue weighted by Crippen LogP contribution is -2.14. The molecule has 0 amide bonds. The molecule has 0 unspecified atom stereocenters. The predicted molar refractivity (Wildman–Crippen MR) is 93.7 cm³/mol. The van der Waals surface area contributed by atoms with Crippen LogP contribution >= 0.6 is 0 Å². The Bertz CT molecular complexity index is 1070. The maximum absolute atomic E-state index is 13.3. The lowest BCUT2D eigenvalue weighted by molar-refractivity contribution is 0.0964. The van der Waals surface area contributed by atoms with E-state index in [2.05, 4.69) is 0 Å². The molecule has 0 aliphatic carbocycles. The first-order valence-corrected chi connectivity index (χ1v) is 7.54. The van der Waals surface area contributed by atoms with Gasteiger partial charge in [-0.25, -0.2) is 0 Å². The monoisotopic (exact) mass is 303 g/mol. The molecule has 114 valence electrons. The summed E-state index contributed by atoms with van der Waals surface area (Å²) in [7, 11) is 1.95. The molecular weight excluding hydrogens is 286 g/mol. The fourth-order valence-corrected chi connectivity index (χ4v) is 3.30. The maximum Gasteiger partial charge on any atom is 0.264 e. The second kappa shape index (κ2) is 4.74. The van der Waals surface area contributed by atoms with Gasteiger partial charge in [0.1, 0.15) is 0 Å². The minimum atomic E-state index is -0.0530. The van der Waals surface area contributed by atoms with Crippen LogP contribution in [0.2, 0.25) is 0 Å². The van der Waals surface area contributed by atoms with Gasteiger partial charge in [0.2, 0.25) is 0 Å². The molecule has 4 nitrogen and oxygen atoms in total. The van der Waals surface area contributed by atoms with Crippen LogP contribution in [0.5, 0.6) is 0 Å². The van der Waals surface area contributed by atoms with Crippen LogP contribution in [0, 0.1) is 6.92 Å². The van der Waals surface area contributed by atoms with Gasteiger partial charge < -0.3 is 10.3 Å². The zero-order valence-corrected chi connectivity index (χ0v) is 13.1. The Morgan fingerprint density at radius 2 is 1.83 bits per heavy atom. The summed E-state index contributed by atoms with van der Waals surface area (Å²) in [6.45, 7) is 1.89. The van der Waals surface area contributed by atoms with Crippen LogP contribution in [0.1, 0.15) is 16.1 Å². The fraction of sp³-hybridized carbons (Fsp3) is 0.105. The quantitative estimate of drug-likeness (QED) is 0.583. The number of nitrogens with two attached hydrogens (primary N) is 1. The van der Waals surface area contributed by atoms with E-state index in [1.165, 1.54) is 0 Å². The summed E-state index contributed by atoms with van der Waals surface area (Å²) >= 11 is 0. The molecule has 4 heteroatoms. The Balaban J connectivity index is 2.03. The number of para-hydroxylation sites is 2. The smallest absolute Gasteiger partial charge is 0.264 e. The average molecular weight is 303 g/mol. The van der Waals surface area contributed by atoms with Gasteiger partial charge in [0, 0.05) is 29.7 Å². The van der Waals surface area contributed by atoms with Crippen molar-refractivity contribution in [1.29, 1.82) is 0 Å². The Labute approximate surface area is 133 Å². The van der Waals surface area contributed by atoms with E-state index in [-0.39, 0.29) is 5.91 Å². The molecule has 2 aromatic carbocycles. The molecule has 0 spiro atoms. The highest BCUT2D eigenvalue weighted by Gasteiger charge is 2.20. The minimum Gasteiger partial charge on any atom is -0.397 e. The zero-order chi connectivity index (χ0) is 16.1. The molecule has 4 aromatic rings. The third kappa shape index (κ3) is 1.81. The zero-order valence-electron chi connectivity index (χ0n) is 13.1. The number of nitrogens with zero attached hydrogens (tertiary/aromatic N) is 2. The van der Waals surface area contributed by atoms with Crippen molar-refractivity contribution in [3.63, 3.8) is 0 Å². The number of nitrogen functional groups attached to an aromatic ring is 1. The summed E-state index contributed by atoms with van der Waals surface area (Å²) < 4.78 is 3.69. The van der Waals surface area contributed by atoms with Gasteiger partial charge in [0.15, 0.2) is 0 Å². The predicted octanol–water partition coefficient (Wildman–Crippen LogP) is 3.71. The van der Waals surface area contributed by atoms with Crippen LogP contribution in [0.25, 0.3) is 21.8 Å². The fourth-order valence-electron chi connectivity index (χ4n) is 3.30. The van der Waals surface area contributed by atoms with E-state index in [0.717, 1.165) is 27.5 Å². The van der Waals surface area contributed by atoms with Crippen LogP contribution in [-0.2, 0) is 7.05 Å². The molecule has 0 bridgehead atoms. The topological polar surface area (TPSA) is 52.9 Å². The van der Waals surface area contributed by atoms with Crippen LogP contribution in [0.4, 0.5) is 5.69 Å². The Hall–Kier alpha value is -3.01. The third-order valence-electron chi connectivity index (χ3n) is 4.49. The lowest BCUT2D eigenvalue weighted by Gasteiger charge is -2.09. The summed E-state index contributed by atoms with van der Waals surface area (Å²) in [6.07, 6.45) is 1.97. The van der Waals surface area contributed by atoms with Crippen LogP contribution in [0.3, 0.4) is 0 Å². The van der Waals surface area contributed by atoms with Crippen molar-refractivity contribution in [3.05, 3.63) is 66.0 Å². The Kier molecular flexibility index (Phi) is 2.81. The van der Waals surface area contributed by atoms with Gasteiger partial charge in [0.25, 0.3) is 5.91 Å². The number of benzene rings is 2. The number of aryl methyl sites for hydroxylation is 1. The number of carbonyl (C=O) groups excluding carboxylic acids is 1. The van der Waals surface area contributed by atoms with Crippen LogP contribution in [0.15, 0.2) is 54.7 Å². The van der Waals surface area contributed by atoms with Crippen LogP contribution in [-0.4, -0.2) is 15.0 Å². The number of hydrogen-bond donors (Lipinski definition) is 1. The second-order valence-electron chi connectivity index (χ2n) is 5.83. The van der Waals surface area contributed by atoms with Crippen molar-refractivity contribution < 1.29 is 4.79 Å². The Morgan fingerprint density at radius 3 is 2.65 bits per heavy atom. The van der Waals surface area contributed by atoms with Crippen molar-refractivity contribution in [2.75, 3.05) is 5.73 Å². The van der Waals surface area contributed by atoms with Crippen molar-refractivity contribution in [3.8, 4) is 0 Å². The normalized spacial score (nSPS) is 11.4. The molecule has 2 aromatic heterocycles. The molecule has 2 heterocycles. The number of anilines is 1. The van der Waals surface area contributed by atoms with E-state index in [4.69, 9.17) is 5.73 Å². The van der Waals surface area contributed by atoms with E-state index in [0.29, 0.717) is 11.3 Å². The number of carbonyl (C=O) groups is 1. The highest BCUT2D eigenvalue weighted by Crippen LogP contribution is 2.30. The first-order valence-electron chi connectivity index (χ1n) is 7.54. The molecule has 0 saturated heterocycles. The van der Waals surface area contributed by atoms with Gasteiger partial charge in [0.05, 0.1) is 22.3 Å². The highest BCUT2D eigenvalue weighted by molar-refractivity contribution is 6.12. The van der Waals surface area contributed by atoms with E-state index in [9.17, 15) is 4.79 Å². The summed E-state index contributed by atoms with van der Waals surface area (Å²) in [4.78, 5) is 13.3. The molecule has 0 radical (unpaired) electrons. The molecule has 0 aliphatic heterocycles. The van der Waals surface area contributed by atoms with Gasteiger partial charge >= 0.3 is 0 Å². The first kappa shape index (κ1) is 13.6. The van der Waals surface area contributed by atoms with Gasteiger partial charge in [-0.1, -0.05) is 30.3 Å². The van der Waals surface area contributed by atoms with Crippen molar-refractivity contribution in [2.45, 2.75) is 6.92 Å². The van der Waals surface area contributed by atoms with Gasteiger partial charge in [-0.3, -0.25) is 9.36 Å². The molecule has 4 rings (SSSR count). The second-order valence-corrected chi connectivity index (χ2v) is 5.83. The third-order valence-corrected chi connectivity index (χ3v) is 4.49. The molecular formula is C19H17N3O. The van der Waals surface area contributed by atoms with Gasteiger partial charge in [-0.2, -0.15) is 0 Å². The lowest BCUT2D eigenvalue weighted by atomic mass is 10.1. The van der Waals surface area contributed by atoms with E-state index >= 15 is 0 Å². The number of fused-ring (bicyclic) bond motifs is 2. The van der Waals surface area contributed by atoms with Crippen molar-refractivity contribution >= 4 is 33.4 Å². The summed E-state index contributed by atoms with van der Waals surface area (Å²) in [5, 5.41) is 1.97. The maximum atomic E-state index is 13.3. The molecule has 0 saturated carbocycles. The summed E-state index contributed by atoms with van der Waals surface area (Å²) in [5.41, 5.74) is 10.1. The van der Waals surface area contributed by atoms with Gasteiger partial charge in [-0.15, -0.1) is 0 Å². The molecule has 0 atom stereocenters. The van der Waals surface area contributed by atoms with E-state index in [1.54, 1.807) is 4.57 Å². The largest absolute Gasteiger partial charge is 0.397 e. The van der Waals surface area contributed by atoms with Crippen molar-refractivity contribution in [2.24, 2.45) is 7.05 Å². The standard InChI is InChI=1S/C19H17N3O/c1-12-17(20)14-7-3-4-9-16(14)22(12)19(23)15-8-5-6-13-10-11-21(2)18(13)15/h3-11H,20H2,1-2H3. The van der Waals surface area contributed by atoms with Crippen molar-refractivity contribution in [1.82, 2.24) is 9.13 Å². The summed E-state index contributed by atoms with van der Waals surface area (Å²) in [6, 6.07) is 15.6. The molecule has 0 fully saturated rings. The van der Waals surface area contributed by atoms with Crippen LogP contribution < -0.4 is 5.73 Å². The van der Waals surface area contributed by atoms with E-state index in [1.807, 2.05) is 73.3 Å². The SMILES string of the molecule is Cc1c(N)c2ccccc2n1C(=O)c1cccc2ccn(C)c12. The summed E-state index contributed by atoms with van der Waals surface area (Å²) in [5.74, 6) is -0.0530. The highest BCUT2D eigenvalue weighted by atomic mass is 16.2. The average Bonchev–Trinajstić information content (AvgIpc) is 3.07.